The summed E-state index contributed by atoms with van der Waals surface area (Å²) >= 11 is 0. The van der Waals surface area contributed by atoms with Crippen molar-refractivity contribution in [3.05, 3.63) is 48.7 Å². The van der Waals surface area contributed by atoms with Crippen molar-refractivity contribution in [1.82, 2.24) is 14.2 Å². The van der Waals surface area contributed by atoms with Crippen LogP contribution in [-0.4, -0.2) is 73.8 Å². The van der Waals surface area contributed by atoms with Crippen LogP contribution in [0, 0.1) is 0 Å². The number of amides is 1. The standard InChI is InChI=1S/C23H31N5O3S/c1-19(26-15-17-27(18-16-26)22-7-3-4-12-24-22)23(29)25-20-8-10-21(11-9-20)32(30,31)28-13-5-2-6-14-28/h3-4,7-12,19H,2,5-6,13-18H2,1H3,(H,25,29). The van der Waals surface area contributed by atoms with Crippen molar-refractivity contribution < 1.29 is 13.2 Å². The third-order valence-corrected chi connectivity index (χ3v) is 8.20. The molecular formula is C23H31N5O3S. The fraction of sp³-hybridized carbons (Fsp3) is 0.478. The van der Waals surface area contributed by atoms with Gasteiger partial charge in [0.15, 0.2) is 0 Å². The summed E-state index contributed by atoms with van der Waals surface area (Å²) in [5.41, 5.74) is 0.603. The maximum Gasteiger partial charge on any atom is 0.243 e. The van der Waals surface area contributed by atoms with Gasteiger partial charge in [0.1, 0.15) is 5.82 Å². The van der Waals surface area contributed by atoms with E-state index in [1.165, 1.54) is 0 Å². The van der Waals surface area contributed by atoms with E-state index >= 15 is 0 Å². The van der Waals surface area contributed by atoms with E-state index in [-0.39, 0.29) is 16.8 Å². The number of nitrogens with zero attached hydrogens (tertiary/aromatic N) is 4. The number of sulfonamides is 1. The van der Waals surface area contributed by atoms with E-state index in [0.717, 1.165) is 51.3 Å². The second-order valence-corrected chi connectivity index (χ2v) is 10.3. The highest BCUT2D eigenvalue weighted by atomic mass is 32.2. The van der Waals surface area contributed by atoms with Crippen LogP contribution in [0.3, 0.4) is 0 Å². The molecule has 8 nitrogen and oxygen atoms in total. The first-order chi connectivity index (χ1) is 15.4. The van der Waals surface area contributed by atoms with E-state index < -0.39 is 10.0 Å². The SMILES string of the molecule is CC(C(=O)Nc1ccc(S(=O)(=O)N2CCCCC2)cc1)N1CCN(c2ccccn2)CC1. The molecule has 3 heterocycles. The van der Waals surface area contributed by atoms with E-state index in [4.69, 9.17) is 0 Å². The lowest BCUT2D eigenvalue weighted by Crippen LogP contribution is -2.53. The van der Waals surface area contributed by atoms with Gasteiger partial charge in [0.05, 0.1) is 10.9 Å². The summed E-state index contributed by atoms with van der Waals surface area (Å²) in [6.45, 7) is 6.24. The Bertz CT molecular complexity index is 1000. The molecule has 0 spiro atoms. The largest absolute Gasteiger partial charge is 0.354 e. The fourth-order valence-electron chi connectivity index (χ4n) is 4.26. The summed E-state index contributed by atoms with van der Waals surface area (Å²) in [5, 5.41) is 2.93. The van der Waals surface area contributed by atoms with E-state index in [9.17, 15) is 13.2 Å². The maximum atomic E-state index is 12.8. The van der Waals surface area contributed by atoms with Gasteiger partial charge < -0.3 is 10.2 Å². The number of hydrogen-bond donors (Lipinski definition) is 1. The second kappa shape index (κ2) is 9.97. The van der Waals surface area contributed by atoms with Crippen molar-refractivity contribution in [1.29, 1.82) is 0 Å². The summed E-state index contributed by atoms with van der Waals surface area (Å²) in [6.07, 6.45) is 4.68. The molecule has 9 heteroatoms. The van der Waals surface area contributed by atoms with Crippen LogP contribution in [0.5, 0.6) is 0 Å². The number of anilines is 2. The molecule has 0 saturated carbocycles. The van der Waals surface area contributed by atoms with Crippen LogP contribution in [0.25, 0.3) is 0 Å². The van der Waals surface area contributed by atoms with E-state index in [1.54, 1.807) is 34.8 Å². The molecule has 0 bridgehead atoms. The van der Waals surface area contributed by atoms with Crippen molar-refractivity contribution in [3.63, 3.8) is 0 Å². The van der Waals surface area contributed by atoms with Crippen LogP contribution in [0.4, 0.5) is 11.5 Å². The zero-order valence-electron chi connectivity index (χ0n) is 18.5. The Balaban J connectivity index is 1.32. The molecule has 172 valence electrons. The van der Waals surface area contributed by atoms with Crippen LogP contribution >= 0.6 is 0 Å². The Hall–Kier alpha value is -2.49. The number of piperazine rings is 1. The zero-order chi connectivity index (χ0) is 22.6. The van der Waals surface area contributed by atoms with Gasteiger partial charge in [0.25, 0.3) is 0 Å². The summed E-state index contributed by atoms with van der Waals surface area (Å²) in [4.78, 5) is 21.8. The lowest BCUT2D eigenvalue weighted by Gasteiger charge is -2.37. The third kappa shape index (κ3) is 5.11. The summed E-state index contributed by atoms with van der Waals surface area (Å²) in [6, 6.07) is 12.1. The summed E-state index contributed by atoms with van der Waals surface area (Å²) < 4.78 is 27.1. The lowest BCUT2D eigenvalue weighted by atomic mass is 10.2. The van der Waals surface area contributed by atoms with Crippen LogP contribution in [-0.2, 0) is 14.8 Å². The number of pyridine rings is 1. The van der Waals surface area contributed by atoms with Gasteiger partial charge in [0, 0.05) is 51.2 Å². The highest BCUT2D eigenvalue weighted by molar-refractivity contribution is 7.89. The second-order valence-electron chi connectivity index (χ2n) is 8.37. The minimum absolute atomic E-state index is 0.0945. The molecule has 1 N–H and O–H groups in total. The van der Waals surface area contributed by atoms with Crippen molar-refractivity contribution in [3.8, 4) is 0 Å². The summed E-state index contributed by atoms with van der Waals surface area (Å²) in [5.74, 6) is 0.867. The van der Waals surface area contributed by atoms with Gasteiger partial charge in [0.2, 0.25) is 15.9 Å². The number of benzene rings is 1. The van der Waals surface area contributed by atoms with Crippen molar-refractivity contribution >= 4 is 27.4 Å². The van der Waals surface area contributed by atoms with E-state index in [2.05, 4.69) is 20.1 Å². The molecule has 1 atom stereocenters. The van der Waals surface area contributed by atoms with Crippen LogP contribution in [0.2, 0.25) is 0 Å². The average Bonchev–Trinajstić information content (AvgIpc) is 2.85. The molecule has 1 amide bonds. The quantitative estimate of drug-likeness (QED) is 0.717. The highest BCUT2D eigenvalue weighted by Crippen LogP contribution is 2.22. The molecule has 2 aromatic rings. The Labute approximate surface area is 190 Å². The normalized spacial score (nSPS) is 19.5. The maximum absolute atomic E-state index is 12.8. The molecule has 1 unspecified atom stereocenters. The monoisotopic (exact) mass is 457 g/mol. The number of rotatable bonds is 6. The van der Waals surface area contributed by atoms with Gasteiger partial charge >= 0.3 is 0 Å². The number of carbonyl (C=O) groups excluding carboxylic acids is 1. The van der Waals surface area contributed by atoms with Gasteiger partial charge in [-0.1, -0.05) is 12.5 Å². The number of aromatic nitrogens is 1. The molecule has 2 aliphatic heterocycles. The van der Waals surface area contributed by atoms with E-state index in [1.807, 2.05) is 25.1 Å². The lowest BCUT2D eigenvalue weighted by molar-refractivity contribution is -0.120. The highest BCUT2D eigenvalue weighted by Gasteiger charge is 2.27. The zero-order valence-corrected chi connectivity index (χ0v) is 19.3. The van der Waals surface area contributed by atoms with Crippen LogP contribution < -0.4 is 10.2 Å². The molecule has 2 saturated heterocycles. The van der Waals surface area contributed by atoms with Crippen molar-refractivity contribution in [2.45, 2.75) is 37.1 Å². The first kappa shape index (κ1) is 22.7. The molecular weight excluding hydrogens is 426 g/mol. The van der Waals surface area contributed by atoms with Gasteiger partial charge in [-0.25, -0.2) is 13.4 Å². The van der Waals surface area contributed by atoms with Crippen LogP contribution in [0.15, 0.2) is 53.6 Å². The molecule has 32 heavy (non-hydrogen) atoms. The number of hydrogen-bond acceptors (Lipinski definition) is 6. The fourth-order valence-corrected chi connectivity index (χ4v) is 5.77. The summed E-state index contributed by atoms with van der Waals surface area (Å²) in [7, 11) is -3.47. The number of piperidine rings is 1. The molecule has 2 fully saturated rings. The van der Waals surface area contributed by atoms with Gasteiger partial charge in [-0.2, -0.15) is 4.31 Å². The Morgan fingerprint density at radius 3 is 2.25 bits per heavy atom. The topological polar surface area (TPSA) is 85.8 Å². The van der Waals surface area contributed by atoms with E-state index in [0.29, 0.717) is 18.8 Å². The Morgan fingerprint density at radius 1 is 0.938 bits per heavy atom. The molecule has 0 aliphatic carbocycles. The predicted molar refractivity (Wildman–Crippen MR) is 125 cm³/mol. The molecule has 4 rings (SSSR count). The third-order valence-electron chi connectivity index (χ3n) is 6.29. The smallest absolute Gasteiger partial charge is 0.243 e. The minimum atomic E-state index is -3.47. The molecule has 1 aromatic carbocycles. The van der Waals surface area contributed by atoms with Gasteiger partial charge in [-0.15, -0.1) is 0 Å². The molecule has 1 aromatic heterocycles. The van der Waals surface area contributed by atoms with Crippen molar-refractivity contribution in [2.24, 2.45) is 0 Å². The molecule has 0 radical (unpaired) electrons. The first-order valence-electron chi connectivity index (χ1n) is 11.3. The van der Waals surface area contributed by atoms with Crippen molar-refractivity contribution in [2.75, 3.05) is 49.5 Å². The van der Waals surface area contributed by atoms with Gasteiger partial charge in [-0.05, 0) is 56.2 Å². The van der Waals surface area contributed by atoms with Crippen LogP contribution in [0.1, 0.15) is 26.2 Å². The first-order valence-corrected chi connectivity index (χ1v) is 12.7. The minimum Gasteiger partial charge on any atom is -0.354 e. The predicted octanol–water partition coefficient (Wildman–Crippen LogP) is 2.41. The average molecular weight is 458 g/mol. The number of carbonyl (C=O) groups is 1. The Morgan fingerprint density at radius 2 is 1.62 bits per heavy atom. The Kier molecular flexibility index (Phi) is 7.07. The van der Waals surface area contributed by atoms with Gasteiger partial charge in [-0.3, -0.25) is 9.69 Å². The molecule has 2 aliphatic rings. The number of nitrogens with one attached hydrogen (secondary N) is 1.